The van der Waals surface area contributed by atoms with Gasteiger partial charge in [-0.1, -0.05) is 6.07 Å². The van der Waals surface area contributed by atoms with Crippen molar-refractivity contribution in [1.82, 2.24) is 13.9 Å². The average Bonchev–Trinajstić information content (AvgIpc) is 3.40. The van der Waals surface area contributed by atoms with E-state index in [9.17, 15) is 17.6 Å². The lowest BCUT2D eigenvalue weighted by Gasteiger charge is -2.24. The number of halogens is 1. The predicted molar refractivity (Wildman–Crippen MR) is 124 cm³/mol. The maximum atomic E-state index is 14.6. The third-order valence-electron chi connectivity index (χ3n) is 5.00. The van der Waals surface area contributed by atoms with E-state index in [1.165, 1.54) is 54.9 Å². The van der Waals surface area contributed by atoms with E-state index < -0.39 is 27.7 Å². The minimum Gasteiger partial charge on any atom is -0.464 e. The summed E-state index contributed by atoms with van der Waals surface area (Å²) in [6.07, 6.45) is 3.49. The van der Waals surface area contributed by atoms with E-state index in [1.54, 1.807) is 39.0 Å². The fraction of sp³-hybridized carbons (Fsp3) is 0.250. The first kappa shape index (κ1) is 23.5. The smallest absolute Gasteiger partial charge is 0.410 e. The standard InChI is InChI=1S/C24H24FN3O5S/c1-24(2,3)33-23(29)27(4)14-16-13-19(17-7-6-11-26-22(17)25)28(15-16)34(30,31)21-9-5-8-20-18(21)10-12-32-20/h5-13,15H,14H2,1-4H3. The Kier molecular flexibility index (Phi) is 5.94. The zero-order valence-electron chi connectivity index (χ0n) is 19.1. The summed E-state index contributed by atoms with van der Waals surface area (Å²) in [5.74, 6) is -0.814. The van der Waals surface area contributed by atoms with Crippen molar-refractivity contribution in [3.63, 3.8) is 0 Å². The highest BCUT2D eigenvalue weighted by Crippen LogP contribution is 2.32. The molecule has 34 heavy (non-hydrogen) atoms. The summed E-state index contributed by atoms with van der Waals surface area (Å²) in [7, 11) is -2.63. The fourth-order valence-electron chi connectivity index (χ4n) is 3.53. The van der Waals surface area contributed by atoms with Crippen molar-refractivity contribution in [1.29, 1.82) is 0 Å². The lowest BCUT2D eigenvalue weighted by atomic mass is 10.2. The van der Waals surface area contributed by atoms with Gasteiger partial charge in [0.2, 0.25) is 5.95 Å². The summed E-state index contributed by atoms with van der Waals surface area (Å²) < 4.78 is 53.8. The van der Waals surface area contributed by atoms with Gasteiger partial charge in [0.25, 0.3) is 10.0 Å². The molecule has 0 atom stereocenters. The summed E-state index contributed by atoms with van der Waals surface area (Å²) in [4.78, 5) is 17.4. The third kappa shape index (κ3) is 4.54. The lowest BCUT2D eigenvalue weighted by Crippen LogP contribution is -2.33. The van der Waals surface area contributed by atoms with Gasteiger partial charge in [-0.15, -0.1) is 0 Å². The number of aromatic nitrogens is 2. The molecule has 4 rings (SSSR count). The molecule has 0 spiro atoms. The Balaban J connectivity index is 1.82. The van der Waals surface area contributed by atoms with Crippen LogP contribution in [0, 0.1) is 5.95 Å². The van der Waals surface area contributed by atoms with Gasteiger partial charge in [-0.3, -0.25) is 0 Å². The van der Waals surface area contributed by atoms with Crippen molar-refractivity contribution in [2.75, 3.05) is 7.05 Å². The largest absolute Gasteiger partial charge is 0.464 e. The summed E-state index contributed by atoms with van der Waals surface area (Å²) in [6, 6.07) is 10.7. The molecule has 3 aromatic heterocycles. The number of amides is 1. The molecule has 0 fully saturated rings. The Hall–Kier alpha value is -3.66. The lowest BCUT2D eigenvalue weighted by molar-refractivity contribution is 0.0285. The molecule has 0 aliphatic carbocycles. The number of benzene rings is 1. The zero-order chi connectivity index (χ0) is 24.7. The van der Waals surface area contributed by atoms with Crippen LogP contribution in [-0.4, -0.2) is 41.0 Å². The maximum Gasteiger partial charge on any atom is 0.410 e. The quantitative estimate of drug-likeness (QED) is 0.368. The molecular weight excluding hydrogens is 461 g/mol. The average molecular weight is 486 g/mol. The van der Waals surface area contributed by atoms with Crippen LogP contribution in [0.15, 0.2) is 70.4 Å². The van der Waals surface area contributed by atoms with E-state index >= 15 is 0 Å². The number of carbonyl (C=O) groups excluding carboxylic acids is 1. The molecule has 0 N–H and O–H groups in total. The SMILES string of the molecule is CN(Cc1cc(-c2cccnc2F)n(S(=O)(=O)c2cccc3occc23)c1)C(=O)OC(C)(C)C. The maximum absolute atomic E-state index is 14.6. The van der Waals surface area contributed by atoms with Crippen LogP contribution in [0.5, 0.6) is 0 Å². The van der Waals surface area contributed by atoms with Gasteiger partial charge in [-0.05, 0) is 62.7 Å². The van der Waals surface area contributed by atoms with E-state index in [1.807, 2.05) is 0 Å². The van der Waals surface area contributed by atoms with E-state index in [2.05, 4.69) is 4.98 Å². The van der Waals surface area contributed by atoms with Gasteiger partial charge < -0.3 is 14.1 Å². The van der Waals surface area contributed by atoms with Gasteiger partial charge in [0, 0.05) is 24.8 Å². The van der Waals surface area contributed by atoms with Crippen molar-refractivity contribution >= 4 is 27.1 Å². The van der Waals surface area contributed by atoms with Crippen LogP contribution in [0.4, 0.5) is 9.18 Å². The summed E-state index contributed by atoms with van der Waals surface area (Å²) in [5.41, 5.74) is 0.283. The molecule has 8 nitrogen and oxygen atoms in total. The molecule has 178 valence electrons. The summed E-state index contributed by atoms with van der Waals surface area (Å²) in [5, 5.41) is 0.404. The van der Waals surface area contributed by atoms with Gasteiger partial charge in [-0.2, -0.15) is 4.39 Å². The number of ether oxygens (including phenoxy) is 1. The molecule has 0 unspecified atom stereocenters. The number of nitrogens with zero attached hydrogens (tertiary/aromatic N) is 3. The molecular formula is C24H24FN3O5S. The second-order valence-electron chi connectivity index (χ2n) is 8.80. The first-order valence-electron chi connectivity index (χ1n) is 10.5. The van der Waals surface area contributed by atoms with E-state index in [0.717, 1.165) is 3.97 Å². The van der Waals surface area contributed by atoms with Crippen molar-refractivity contribution in [2.45, 2.75) is 37.8 Å². The van der Waals surface area contributed by atoms with Crippen LogP contribution in [0.1, 0.15) is 26.3 Å². The highest BCUT2D eigenvalue weighted by atomic mass is 32.2. The molecule has 0 aliphatic heterocycles. The van der Waals surface area contributed by atoms with Crippen molar-refractivity contribution in [3.8, 4) is 11.3 Å². The molecule has 1 amide bonds. The molecule has 0 aliphatic rings. The second-order valence-corrected chi connectivity index (χ2v) is 10.6. The number of carbonyl (C=O) groups is 1. The van der Waals surface area contributed by atoms with Crippen molar-refractivity contribution < 1.29 is 26.8 Å². The minimum absolute atomic E-state index is 0.00643. The van der Waals surface area contributed by atoms with Crippen LogP contribution in [0.25, 0.3) is 22.2 Å². The molecule has 0 saturated carbocycles. The Morgan fingerprint density at radius 3 is 2.68 bits per heavy atom. The number of furan rings is 1. The number of fused-ring (bicyclic) bond motifs is 1. The minimum atomic E-state index is -4.17. The van der Waals surface area contributed by atoms with Gasteiger partial charge in [0.15, 0.2) is 0 Å². The Morgan fingerprint density at radius 2 is 1.97 bits per heavy atom. The molecule has 1 aromatic carbocycles. The van der Waals surface area contributed by atoms with Crippen LogP contribution >= 0.6 is 0 Å². The molecule has 0 saturated heterocycles. The molecule has 0 radical (unpaired) electrons. The molecule has 3 heterocycles. The first-order valence-corrected chi connectivity index (χ1v) is 11.9. The van der Waals surface area contributed by atoms with Crippen LogP contribution in [-0.2, 0) is 21.3 Å². The first-order chi connectivity index (χ1) is 16.0. The zero-order valence-corrected chi connectivity index (χ0v) is 20.0. The van der Waals surface area contributed by atoms with Gasteiger partial charge in [0.1, 0.15) is 11.2 Å². The van der Waals surface area contributed by atoms with Crippen molar-refractivity contribution in [3.05, 3.63) is 72.6 Å². The fourth-order valence-corrected chi connectivity index (χ4v) is 5.12. The van der Waals surface area contributed by atoms with Crippen LogP contribution in [0.3, 0.4) is 0 Å². The van der Waals surface area contributed by atoms with Crippen LogP contribution in [0.2, 0.25) is 0 Å². The van der Waals surface area contributed by atoms with Gasteiger partial charge in [-0.25, -0.2) is 22.2 Å². The molecule has 10 heteroatoms. The van der Waals surface area contributed by atoms with E-state index in [0.29, 0.717) is 16.5 Å². The van der Waals surface area contributed by atoms with Gasteiger partial charge in [0.05, 0.1) is 29.0 Å². The summed E-state index contributed by atoms with van der Waals surface area (Å²) >= 11 is 0. The van der Waals surface area contributed by atoms with Gasteiger partial charge >= 0.3 is 6.09 Å². The summed E-state index contributed by atoms with van der Waals surface area (Å²) in [6.45, 7) is 5.30. The third-order valence-corrected chi connectivity index (χ3v) is 6.73. The predicted octanol–water partition coefficient (Wildman–Crippen LogP) is 5.04. The second kappa shape index (κ2) is 8.60. The monoisotopic (exact) mass is 485 g/mol. The number of hydrogen-bond acceptors (Lipinski definition) is 6. The van der Waals surface area contributed by atoms with Crippen LogP contribution < -0.4 is 0 Å². The van der Waals surface area contributed by atoms with Crippen molar-refractivity contribution in [2.24, 2.45) is 0 Å². The number of rotatable bonds is 5. The number of hydrogen-bond donors (Lipinski definition) is 0. The van der Waals surface area contributed by atoms with E-state index in [-0.39, 0.29) is 22.7 Å². The Bertz CT molecular complexity index is 1470. The highest BCUT2D eigenvalue weighted by Gasteiger charge is 2.27. The Morgan fingerprint density at radius 1 is 1.21 bits per heavy atom. The van der Waals surface area contributed by atoms with E-state index in [4.69, 9.17) is 9.15 Å². The Labute approximate surface area is 196 Å². The normalized spacial score (nSPS) is 12.1. The highest BCUT2D eigenvalue weighted by molar-refractivity contribution is 7.90. The molecule has 4 aromatic rings. The number of pyridine rings is 1. The topological polar surface area (TPSA) is 94.6 Å². The molecule has 0 bridgehead atoms.